The molecule has 0 saturated heterocycles. The van der Waals surface area contributed by atoms with Crippen LogP contribution in [0.5, 0.6) is 11.5 Å². The first-order chi connectivity index (χ1) is 14.6. The van der Waals surface area contributed by atoms with Crippen molar-refractivity contribution < 1.29 is 14.3 Å². The number of ether oxygens (including phenoxy) is 2. The van der Waals surface area contributed by atoms with Gasteiger partial charge in [0.25, 0.3) is 5.91 Å². The lowest BCUT2D eigenvalue weighted by molar-refractivity contribution is 0.0955. The van der Waals surface area contributed by atoms with E-state index >= 15 is 0 Å². The van der Waals surface area contributed by atoms with Gasteiger partial charge in [0.05, 0.1) is 12.8 Å². The van der Waals surface area contributed by atoms with Crippen molar-refractivity contribution in [3.63, 3.8) is 0 Å². The van der Waals surface area contributed by atoms with Gasteiger partial charge in [0.15, 0.2) is 11.5 Å². The lowest BCUT2D eigenvalue weighted by atomic mass is 10.1. The summed E-state index contributed by atoms with van der Waals surface area (Å²) in [5.41, 5.74) is 7.26. The number of nitrogens with one attached hydrogen (secondary N) is 1. The van der Waals surface area contributed by atoms with Gasteiger partial charge in [-0.3, -0.25) is 4.79 Å². The summed E-state index contributed by atoms with van der Waals surface area (Å²) >= 11 is 0. The molecule has 0 bridgehead atoms. The van der Waals surface area contributed by atoms with Gasteiger partial charge in [0.2, 0.25) is 0 Å². The maximum absolute atomic E-state index is 12.2. The average Bonchev–Trinajstić information content (AvgIpc) is 2.74. The third-order valence-electron chi connectivity index (χ3n) is 4.57. The number of carbonyl (C=O) groups excluding carboxylic acids is 1. The van der Waals surface area contributed by atoms with Gasteiger partial charge in [-0.25, -0.2) is 5.43 Å². The summed E-state index contributed by atoms with van der Waals surface area (Å²) in [5, 5.41) is 4.06. The van der Waals surface area contributed by atoms with E-state index in [0.717, 1.165) is 16.7 Å². The maximum Gasteiger partial charge on any atom is 0.271 e. The second kappa shape index (κ2) is 10.3. The molecule has 3 aromatic carbocycles. The third-order valence-corrected chi connectivity index (χ3v) is 4.57. The van der Waals surface area contributed by atoms with Crippen LogP contribution in [-0.2, 0) is 6.61 Å². The van der Waals surface area contributed by atoms with Gasteiger partial charge in [0.1, 0.15) is 6.61 Å². The molecule has 1 amide bonds. The zero-order valence-corrected chi connectivity index (χ0v) is 17.5. The molecule has 3 rings (SSSR count). The first-order valence-corrected chi connectivity index (χ1v) is 9.91. The molecule has 1 N–H and O–H groups in total. The zero-order valence-electron chi connectivity index (χ0n) is 17.5. The highest BCUT2D eigenvalue weighted by atomic mass is 16.5. The van der Waals surface area contributed by atoms with Crippen molar-refractivity contribution in [2.24, 2.45) is 5.10 Å². The van der Waals surface area contributed by atoms with Crippen LogP contribution in [0, 0.1) is 13.8 Å². The standard InChI is InChI=1S/C25H26N2O3/c1-4-29-24-15-20(16-26-27-25(28)21-11-7-8-18(2)14-21)12-13-23(24)30-17-22-10-6-5-9-19(22)3/h5-16H,4,17H2,1-3H3,(H,27,28)/b26-16+. The van der Waals surface area contributed by atoms with Crippen molar-refractivity contribution in [3.05, 3.63) is 94.5 Å². The van der Waals surface area contributed by atoms with Crippen molar-refractivity contribution in [2.45, 2.75) is 27.4 Å². The fraction of sp³-hybridized carbons (Fsp3) is 0.200. The Balaban J connectivity index is 1.67. The van der Waals surface area contributed by atoms with Gasteiger partial charge in [-0.05, 0) is 67.8 Å². The molecule has 154 valence electrons. The Kier molecular flexibility index (Phi) is 7.22. The quantitative estimate of drug-likeness (QED) is 0.424. The minimum absolute atomic E-state index is 0.252. The van der Waals surface area contributed by atoms with Crippen LogP contribution in [0.2, 0.25) is 0 Å². The smallest absolute Gasteiger partial charge is 0.271 e. The molecule has 0 aromatic heterocycles. The number of carbonyl (C=O) groups is 1. The fourth-order valence-corrected chi connectivity index (χ4v) is 2.94. The third kappa shape index (κ3) is 5.70. The normalized spacial score (nSPS) is 10.8. The van der Waals surface area contributed by atoms with Crippen LogP contribution in [0.3, 0.4) is 0 Å². The summed E-state index contributed by atoms with van der Waals surface area (Å²) in [6.07, 6.45) is 1.58. The predicted octanol–water partition coefficient (Wildman–Crippen LogP) is 5.05. The molecule has 0 radical (unpaired) electrons. The van der Waals surface area contributed by atoms with E-state index in [2.05, 4.69) is 23.5 Å². The number of hydrogen-bond acceptors (Lipinski definition) is 4. The van der Waals surface area contributed by atoms with Gasteiger partial charge in [-0.1, -0.05) is 42.0 Å². The van der Waals surface area contributed by atoms with E-state index < -0.39 is 0 Å². The van der Waals surface area contributed by atoms with Gasteiger partial charge < -0.3 is 9.47 Å². The topological polar surface area (TPSA) is 59.9 Å². The number of hydrogen-bond donors (Lipinski definition) is 1. The Morgan fingerprint density at radius 3 is 2.57 bits per heavy atom. The molecule has 0 aliphatic rings. The van der Waals surface area contributed by atoms with Crippen LogP contribution in [-0.4, -0.2) is 18.7 Å². The van der Waals surface area contributed by atoms with E-state index in [4.69, 9.17) is 9.47 Å². The summed E-state index contributed by atoms with van der Waals surface area (Å²) in [6.45, 7) is 6.91. The lowest BCUT2D eigenvalue weighted by Gasteiger charge is -2.13. The van der Waals surface area contributed by atoms with Crippen molar-refractivity contribution in [1.29, 1.82) is 0 Å². The maximum atomic E-state index is 12.2. The molecule has 0 fully saturated rings. The second-order valence-electron chi connectivity index (χ2n) is 6.92. The number of nitrogens with zero attached hydrogens (tertiary/aromatic N) is 1. The SMILES string of the molecule is CCOc1cc(/C=N/NC(=O)c2cccc(C)c2)ccc1OCc1ccccc1C. The summed E-state index contributed by atoms with van der Waals surface area (Å²) in [5.74, 6) is 1.05. The first-order valence-electron chi connectivity index (χ1n) is 9.91. The molecule has 0 unspecified atom stereocenters. The molecule has 0 atom stereocenters. The van der Waals surface area contributed by atoms with E-state index in [0.29, 0.717) is 30.3 Å². The van der Waals surface area contributed by atoms with Gasteiger partial charge in [-0.15, -0.1) is 0 Å². The summed E-state index contributed by atoms with van der Waals surface area (Å²) in [6, 6.07) is 21.1. The number of amides is 1. The highest BCUT2D eigenvalue weighted by Gasteiger charge is 2.08. The van der Waals surface area contributed by atoms with Gasteiger partial charge in [0, 0.05) is 5.56 Å². The average molecular weight is 402 g/mol. The van der Waals surface area contributed by atoms with E-state index in [1.165, 1.54) is 5.56 Å². The molecule has 30 heavy (non-hydrogen) atoms. The lowest BCUT2D eigenvalue weighted by Crippen LogP contribution is -2.17. The highest BCUT2D eigenvalue weighted by Crippen LogP contribution is 2.29. The highest BCUT2D eigenvalue weighted by molar-refractivity contribution is 5.95. The fourth-order valence-electron chi connectivity index (χ4n) is 2.94. The summed E-state index contributed by atoms with van der Waals surface area (Å²) in [4.78, 5) is 12.2. The van der Waals surface area contributed by atoms with E-state index in [1.54, 1.807) is 12.3 Å². The molecule has 0 aliphatic carbocycles. The Morgan fingerprint density at radius 1 is 0.967 bits per heavy atom. The number of benzene rings is 3. The zero-order chi connectivity index (χ0) is 21.3. The minimum atomic E-state index is -0.252. The Bertz CT molecular complexity index is 1040. The van der Waals surface area contributed by atoms with Crippen LogP contribution >= 0.6 is 0 Å². The summed E-state index contributed by atoms with van der Waals surface area (Å²) < 4.78 is 11.7. The largest absolute Gasteiger partial charge is 0.490 e. The Morgan fingerprint density at radius 2 is 1.80 bits per heavy atom. The molecule has 5 heteroatoms. The summed E-state index contributed by atoms with van der Waals surface area (Å²) in [7, 11) is 0. The van der Waals surface area contributed by atoms with Gasteiger partial charge in [-0.2, -0.15) is 5.10 Å². The van der Waals surface area contributed by atoms with Crippen LogP contribution in [0.1, 0.15) is 39.5 Å². The van der Waals surface area contributed by atoms with Crippen molar-refractivity contribution in [3.8, 4) is 11.5 Å². The molecule has 3 aromatic rings. The number of rotatable bonds is 8. The molecule has 0 saturated carbocycles. The Labute approximate surface area is 177 Å². The molecule has 5 nitrogen and oxygen atoms in total. The van der Waals surface area contributed by atoms with Crippen molar-refractivity contribution >= 4 is 12.1 Å². The molecule has 0 aliphatic heterocycles. The first kappa shape index (κ1) is 21.1. The van der Waals surface area contributed by atoms with E-state index in [9.17, 15) is 4.79 Å². The molecular weight excluding hydrogens is 376 g/mol. The minimum Gasteiger partial charge on any atom is -0.490 e. The molecule has 0 spiro atoms. The van der Waals surface area contributed by atoms with E-state index in [-0.39, 0.29) is 5.91 Å². The van der Waals surface area contributed by atoms with E-state index in [1.807, 2.05) is 68.4 Å². The van der Waals surface area contributed by atoms with Crippen LogP contribution < -0.4 is 14.9 Å². The van der Waals surface area contributed by atoms with Crippen LogP contribution in [0.25, 0.3) is 0 Å². The van der Waals surface area contributed by atoms with Crippen LogP contribution in [0.4, 0.5) is 0 Å². The number of hydrazone groups is 1. The molecule has 0 heterocycles. The van der Waals surface area contributed by atoms with Crippen molar-refractivity contribution in [1.82, 2.24) is 5.43 Å². The van der Waals surface area contributed by atoms with Gasteiger partial charge >= 0.3 is 0 Å². The van der Waals surface area contributed by atoms with Crippen LogP contribution in [0.15, 0.2) is 71.8 Å². The second-order valence-corrected chi connectivity index (χ2v) is 6.92. The Hall–Kier alpha value is -3.60. The number of aryl methyl sites for hydroxylation is 2. The monoisotopic (exact) mass is 402 g/mol. The predicted molar refractivity (Wildman–Crippen MR) is 119 cm³/mol. The van der Waals surface area contributed by atoms with Crippen molar-refractivity contribution in [2.75, 3.05) is 6.61 Å². The molecular formula is C25H26N2O3.